The van der Waals surface area contributed by atoms with E-state index in [4.69, 9.17) is 18.9 Å². The minimum Gasteiger partial charge on any atom is -0.490 e. The number of rotatable bonds is 6. The van der Waals surface area contributed by atoms with E-state index in [1.54, 1.807) is 21.1 Å². The average Bonchev–Trinajstić information content (AvgIpc) is 3.10. The van der Waals surface area contributed by atoms with Crippen LogP contribution in [0, 0.1) is 12.8 Å². The van der Waals surface area contributed by atoms with Crippen molar-refractivity contribution in [3.63, 3.8) is 0 Å². The Morgan fingerprint density at radius 3 is 2.29 bits per heavy atom. The Balaban J connectivity index is 1.78. The van der Waals surface area contributed by atoms with Gasteiger partial charge in [-0.2, -0.15) is 0 Å². The zero-order valence-electron chi connectivity index (χ0n) is 16.9. The van der Waals surface area contributed by atoms with Crippen molar-refractivity contribution < 1.29 is 34.3 Å². The lowest BCUT2D eigenvalue weighted by Gasteiger charge is -2.41. The topological polar surface area (TPSA) is 97.6 Å². The van der Waals surface area contributed by atoms with Crippen LogP contribution in [0.15, 0.2) is 18.2 Å². The maximum atomic E-state index is 10.6. The van der Waals surface area contributed by atoms with Gasteiger partial charge in [0.05, 0.1) is 31.0 Å². The fourth-order valence-electron chi connectivity index (χ4n) is 4.20. The SMILES string of the molecule is COC1CC(Oc2cc([C@@H]3O[C@H](CO)[C@@H](O)C(C)[C@H]3O)ccc2C)CC1OC. The summed E-state index contributed by atoms with van der Waals surface area (Å²) in [4.78, 5) is 0. The van der Waals surface area contributed by atoms with E-state index in [-0.39, 0.29) is 24.9 Å². The van der Waals surface area contributed by atoms with E-state index in [0.717, 1.165) is 29.7 Å². The monoisotopic (exact) mass is 396 g/mol. The molecule has 7 nitrogen and oxygen atoms in total. The predicted molar refractivity (Wildman–Crippen MR) is 102 cm³/mol. The minimum atomic E-state index is -0.909. The summed E-state index contributed by atoms with van der Waals surface area (Å²) in [5.74, 6) is 0.311. The Morgan fingerprint density at radius 1 is 1.07 bits per heavy atom. The summed E-state index contributed by atoms with van der Waals surface area (Å²) >= 11 is 0. The molecule has 3 N–H and O–H groups in total. The summed E-state index contributed by atoms with van der Waals surface area (Å²) in [6, 6.07) is 5.70. The van der Waals surface area contributed by atoms with Gasteiger partial charge in [0.15, 0.2) is 0 Å². The van der Waals surface area contributed by atoms with Crippen LogP contribution in [0.25, 0.3) is 0 Å². The molecule has 7 atom stereocenters. The largest absolute Gasteiger partial charge is 0.490 e. The molecule has 2 fully saturated rings. The van der Waals surface area contributed by atoms with Crippen LogP contribution >= 0.6 is 0 Å². The van der Waals surface area contributed by atoms with Gasteiger partial charge in [0.2, 0.25) is 0 Å². The van der Waals surface area contributed by atoms with Gasteiger partial charge in [0.1, 0.15) is 24.1 Å². The van der Waals surface area contributed by atoms with Crippen molar-refractivity contribution in [1.29, 1.82) is 0 Å². The van der Waals surface area contributed by atoms with Crippen LogP contribution in [-0.4, -0.2) is 72.8 Å². The second kappa shape index (κ2) is 9.07. The molecule has 1 aliphatic carbocycles. The molecule has 28 heavy (non-hydrogen) atoms. The molecule has 3 unspecified atom stereocenters. The first-order valence-electron chi connectivity index (χ1n) is 9.84. The Labute approximate surface area is 166 Å². The van der Waals surface area contributed by atoms with E-state index >= 15 is 0 Å². The average molecular weight is 396 g/mol. The molecule has 1 aromatic rings. The number of aliphatic hydroxyl groups excluding tert-OH is 3. The fraction of sp³-hybridized carbons (Fsp3) is 0.714. The van der Waals surface area contributed by atoms with E-state index in [2.05, 4.69) is 0 Å². The van der Waals surface area contributed by atoms with Gasteiger partial charge in [-0.1, -0.05) is 19.1 Å². The standard InChI is InChI=1S/C21H32O7/c1-11-5-6-13(21-20(24)12(2)19(23)18(10-22)28-21)7-15(11)27-14-8-16(25-3)17(9-14)26-4/h5-7,12,14,16-24H,8-10H2,1-4H3/t12?,14?,16?,17?,18-,19+,20-,21+/m1/s1. The third-order valence-electron chi connectivity index (χ3n) is 6.11. The van der Waals surface area contributed by atoms with E-state index in [1.807, 2.05) is 25.1 Å². The molecule has 2 aliphatic rings. The molecular formula is C21H32O7. The van der Waals surface area contributed by atoms with E-state index in [9.17, 15) is 15.3 Å². The van der Waals surface area contributed by atoms with Crippen LogP contribution in [0.1, 0.15) is 37.0 Å². The van der Waals surface area contributed by atoms with Gasteiger partial charge in [-0.15, -0.1) is 0 Å². The Morgan fingerprint density at radius 2 is 1.71 bits per heavy atom. The highest BCUT2D eigenvalue weighted by Gasteiger charge is 2.42. The lowest BCUT2D eigenvalue weighted by atomic mass is 9.85. The van der Waals surface area contributed by atoms with Gasteiger partial charge in [-0.05, 0) is 24.1 Å². The summed E-state index contributed by atoms with van der Waals surface area (Å²) in [5, 5.41) is 30.3. The number of ether oxygens (including phenoxy) is 4. The molecule has 0 aromatic heterocycles. The highest BCUT2D eigenvalue weighted by Crippen LogP contribution is 2.38. The molecule has 1 saturated heterocycles. The lowest BCUT2D eigenvalue weighted by Crippen LogP contribution is -2.50. The number of aryl methyl sites for hydroxylation is 1. The molecule has 0 radical (unpaired) electrons. The molecule has 158 valence electrons. The zero-order chi connectivity index (χ0) is 20.4. The van der Waals surface area contributed by atoms with Gasteiger partial charge in [0, 0.05) is 33.0 Å². The Hall–Kier alpha value is -1.22. The number of hydrogen-bond acceptors (Lipinski definition) is 7. The van der Waals surface area contributed by atoms with Crippen molar-refractivity contribution >= 4 is 0 Å². The van der Waals surface area contributed by atoms with Crippen molar-refractivity contribution in [2.75, 3.05) is 20.8 Å². The first kappa shape index (κ1) is 21.5. The molecule has 0 bridgehead atoms. The molecule has 0 amide bonds. The van der Waals surface area contributed by atoms with Gasteiger partial charge in [-0.3, -0.25) is 0 Å². The van der Waals surface area contributed by atoms with E-state index < -0.39 is 30.3 Å². The molecular weight excluding hydrogens is 364 g/mol. The summed E-state index contributed by atoms with van der Waals surface area (Å²) in [5.41, 5.74) is 1.74. The minimum absolute atomic E-state index is 0.00892. The number of aliphatic hydroxyl groups is 3. The molecule has 3 rings (SSSR count). The molecule has 1 aliphatic heterocycles. The first-order valence-corrected chi connectivity index (χ1v) is 9.84. The Bertz CT molecular complexity index is 638. The van der Waals surface area contributed by atoms with Crippen LogP contribution < -0.4 is 4.74 Å². The molecule has 1 heterocycles. The summed E-state index contributed by atoms with van der Waals surface area (Å²) in [7, 11) is 3.36. The molecule has 1 saturated carbocycles. The van der Waals surface area contributed by atoms with E-state index in [0.29, 0.717) is 0 Å². The van der Waals surface area contributed by atoms with Crippen LogP contribution in [0.2, 0.25) is 0 Å². The quantitative estimate of drug-likeness (QED) is 0.668. The second-order valence-corrected chi connectivity index (χ2v) is 7.90. The zero-order valence-corrected chi connectivity index (χ0v) is 16.9. The highest BCUT2D eigenvalue weighted by molar-refractivity contribution is 5.38. The second-order valence-electron chi connectivity index (χ2n) is 7.90. The summed E-state index contributed by atoms with van der Waals surface area (Å²) < 4.78 is 23.0. The fourth-order valence-corrected chi connectivity index (χ4v) is 4.20. The van der Waals surface area contributed by atoms with Gasteiger partial charge < -0.3 is 34.3 Å². The van der Waals surface area contributed by atoms with Crippen molar-refractivity contribution in [2.24, 2.45) is 5.92 Å². The molecule has 1 aromatic carbocycles. The predicted octanol–water partition coefficient (Wildman–Crippen LogP) is 1.36. The maximum Gasteiger partial charge on any atom is 0.122 e. The summed E-state index contributed by atoms with van der Waals surface area (Å²) in [6.07, 6.45) is -1.66. The van der Waals surface area contributed by atoms with Gasteiger partial charge in [-0.25, -0.2) is 0 Å². The van der Waals surface area contributed by atoms with Crippen molar-refractivity contribution in [2.45, 2.75) is 69.4 Å². The van der Waals surface area contributed by atoms with Crippen LogP contribution in [0.5, 0.6) is 5.75 Å². The Kier molecular flexibility index (Phi) is 6.96. The highest BCUT2D eigenvalue weighted by atomic mass is 16.5. The first-order chi connectivity index (χ1) is 13.4. The lowest BCUT2D eigenvalue weighted by molar-refractivity contribution is -0.207. The normalized spacial score (nSPS) is 38.5. The van der Waals surface area contributed by atoms with Crippen molar-refractivity contribution in [3.05, 3.63) is 29.3 Å². The third kappa shape index (κ3) is 4.20. The van der Waals surface area contributed by atoms with Crippen molar-refractivity contribution in [1.82, 2.24) is 0 Å². The molecule has 0 spiro atoms. The van der Waals surface area contributed by atoms with Crippen LogP contribution in [-0.2, 0) is 14.2 Å². The van der Waals surface area contributed by atoms with E-state index in [1.165, 1.54) is 0 Å². The van der Waals surface area contributed by atoms with Crippen LogP contribution in [0.3, 0.4) is 0 Å². The van der Waals surface area contributed by atoms with Gasteiger partial charge in [0.25, 0.3) is 0 Å². The number of hydrogen-bond donors (Lipinski definition) is 3. The molecule has 7 heteroatoms. The van der Waals surface area contributed by atoms with Gasteiger partial charge >= 0.3 is 0 Å². The summed E-state index contributed by atoms with van der Waals surface area (Å²) in [6.45, 7) is 3.42. The number of benzene rings is 1. The third-order valence-corrected chi connectivity index (χ3v) is 6.11. The van der Waals surface area contributed by atoms with Crippen molar-refractivity contribution in [3.8, 4) is 5.75 Å². The van der Waals surface area contributed by atoms with Crippen LogP contribution in [0.4, 0.5) is 0 Å². The number of methoxy groups -OCH3 is 2. The maximum absolute atomic E-state index is 10.6. The smallest absolute Gasteiger partial charge is 0.122 e.